The van der Waals surface area contributed by atoms with Gasteiger partial charge in [0.2, 0.25) is 0 Å². The van der Waals surface area contributed by atoms with Crippen LogP contribution >= 0.6 is 0 Å². The van der Waals surface area contributed by atoms with Gasteiger partial charge >= 0.3 is 11.9 Å². The number of aryl methyl sites for hydroxylation is 1. The summed E-state index contributed by atoms with van der Waals surface area (Å²) in [5.74, 6) is -1.12. The fourth-order valence-corrected chi connectivity index (χ4v) is 4.05. The lowest BCUT2D eigenvalue weighted by molar-refractivity contribution is -0.119. The predicted molar refractivity (Wildman–Crippen MR) is 109 cm³/mol. The van der Waals surface area contributed by atoms with E-state index in [0.717, 1.165) is 25.7 Å². The van der Waals surface area contributed by atoms with Crippen LogP contribution in [0.5, 0.6) is 11.5 Å². The number of fused-ring (bicyclic) bond motifs is 1. The number of benzene rings is 1. The number of carbonyl (C=O) groups is 3. The highest BCUT2D eigenvalue weighted by Gasteiger charge is 2.44. The maximum Gasteiger partial charge on any atom is 0.355 e. The van der Waals surface area contributed by atoms with Crippen LogP contribution in [0.2, 0.25) is 0 Å². The zero-order valence-corrected chi connectivity index (χ0v) is 17.6. The molecule has 31 heavy (non-hydrogen) atoms. The molecule has 4 rings (SSSR count). The molecule has 1 saturated carbocycles. The molecule has 0 unspecified atom stereocenters. The molecule has 1 amide bonds. The van der Waals surface area contributed by atoms with Crippen molar-refractivity contribution in [2.45, 2.75) is 45.3 Å². The zero-order chi connectivity index (χ0) is 22.2. The average Bonchev–Trinajstić information content (AvgIpc) is 3.42. The molecule has 1 fully saturated rings. The Hall–Kier alpha value is -3.49. The Labute approximate surface area is 179 Å². The summed E-state index contributed by atoms with van der Waals surface area (Å²) in [7, 11) is 1.26. The van der Waals surface area contributed by atoms with Gasteiger partial charge in [-0.1, -0.05) is 0 Å². The number of aromatic amines is 1. The molecule has 9 nitrogen and oxygen atoms in total. The average molecular weight is 428 g/mol. The van der Waals surface area contributed by atoms with Gasteiger partial charge in [0.15, 0.2) is 18.1 Å². The van der Waals surface area contributed by atoms with Gasteiger partial charge in [-0.15, -0.1) is 0 Å². The van der Waals surface area contributed by atoms with E-state index in [-0.39, 0.29) is 11.3 Å². The predicted octanol–water partition coefficient (Wildman–Crippen LogP) is 3.26. The molecule has 1 aliphatic carbocycles. The van der Waals surface area contributed by atoms with Gasteiger partial charge in [0.25, 0.3) is 11.7 Å². The summed E-state index contributed by atoms with van der Waals surface area (Å²) in [6, 6.07) is 5.16. The lowest BCUT2D eigenvalue weighted by Crippen LogP contribution is -2.34. The fourth-order valence-electron chi connectivity index (χ4n) is 4.05. The number of H-pyrrole nitrogens is 1. The molecule has 1 aromatic heterocycles. The minimum absolute atomic E-state index is 0.107. The quantitative estimate of drug-likeness (QED) is 0.702. The van der Waals surface area contributed by atoms with Crippen LogP contribution in [0.1, 0.15) is 57.8 Å². The standard InChI is InChI=1S/C22H24N2O7/c1-12-18(20(26)28-3)13(2)23-19(12)21(27)29-11-17(25)24-14-6-7-15-16(10-14)31-22(30-15)8-4-5-9-22/h6-7,10,23H,4-5,8-9,11H2,1-3H3,(H,24,25). The molecule has 0 saturated heterocycles. The Balaban J connectivity index is 1.35. The molecule has 2 N–H and O–H groups in total. The summed E-state index contributed by atoms with van der Waals surface area (Å²) in [5, 5.41) is 2.68. The zero-order valence-electron chi connectivity index (χ0n) is 17.6. The number of aromatic nitrogens is 1. The smallest absolute Gasteiger partial charge is 0.355 e. The number of methoxy groups -OCH3 is 1. The van der Waals surface area contributed by atoms with Crippen molar-refractivity contribution in [2.24, 2.45) is 0 Å². The summed E-state index contributed by atoms with van der Waals surface area (Å²) < 4.78 is 21.8. The van der Waals surface area contributed by atoms with Gasteiger partial charge in [-0.2, -0.15) is 0 Å². The second kappa shape index (κ2) is 7.98. The van der Waals surface area contributed by atoms with Crippen molar-refractivity contribution >= 4 is 23.5 Å². The van der Waals surface area contributed by atoms with Crippen molar-refractivity contribution < 1.29 is 33.3 Å². The van der Waals surface area contributed by atoms with E-state index in [0.29, 0.717) is 28.4 Å². The van der Waals surface area contributed by atoms with E-state index in [1.165, 1.54) is 7.11 Å². The van der Waals surface area contributed by atoms with Crippen LogP contribution in [-0.4, -0.2) is 42.3 Å². The lowest BCUT2D eigenvalue weighted by atomic mass is 10.1. The molecule has 1 aliphatic heterocycles. The van der Waals surface area contributed by atoms with Crippen molar-refractivity contribution in [1.82, 2.24) is 4.98 Å². The molecule has 2 aliphatic rings. The largest absolute Gasteiger partial charge is 0.465 e. The number of ether oxygens (including phenoxy) is 4. The Bertz CT molecular complexity index is 1050. The second-order valence-electron chi connectivity index (χ2n) is 7.72. The van der Waals surface area contributed by atoms with E-state index in [2.05, 4.69) is 10.3 Å². The summed E-state index contributed by atoms with van der Waals surface area (Å²) in [5.41, 5.74) is 1.79. The first-order valence-electron chi connectivity index (χ1n) is 10.1. The van der Waals surface area contributed by atoms with Gasteiger partial charge in [-0.3, -0.25) is 4.79 Å². The van der Waals surface area contributed by atoms with Gasteiger partial charge in [0.1, 0.15) is 5.69 Å². The lowest BCUT2D eigenvalue weighted by Gasteiger charge is -2.21. The van der Waals surface area contributed by atoms with Crippen LogP contribution in [0.15, 0.2) is 18.2 Å². The normalized spacial score (nSPS) is 15.7. The Morgan fingerprint density at radius 1 is 1.10 bits per heavy atom. The molecule has 2 heterocycles. The fraction of sp³-hybridized carbons (Fsp3) is 0.409. The molecule has 1 aromatic carbocycles. The van der Waals surface area contributed by atoms with Gasteiger partial charge in [-0.05, 0) is 44.4 Å². The summed E-state index contributed by atoms with van der Waals surface area (Å²) in [6.45, 7) is 2.77. The van der Waals surface area contributed by atoms with Gasteiger partial charge in [0.05, 0.1) is 12.7 Å². The van der Waals surface area contributed by atoms with Crippen LogP contribution < -0.4 is 14.8 Å². The van der Waals surface area contributed by atoms with Crippen LogP contribution in [0.25, 0.3) is 0 Å². The van der Waals surface area contributed by atoms with Crippen LogP contribution in [-0.2, 0) is 14.3 Å². The van der Waals surface area contributed by atoms with Crippen LogP contribution in [0.4, 0.5) is 5.69 Å². The van der Waals surface area contributed by atoms with Crippen molar-refractivity contribution in [3.8, 4) is 11.5 Å². The Kier molecular flexibility index (Phi) is 5.34. The highest BCUT2D eigenvalue weighted by atomic mass is 16.7. The van der Waals surface area contributed by atoms with Gasteiger partial charge in [-0.25, -0.2) is 9.59 Å². The topological polar surface area (TPSA) is 116 Å². The number of carbonyl (C=O) groups excluding carboxylic acids is 3. The molecular weight excluding hydrogens is 404 g/mol. The molecule has 0 bridgehead atoms. The van der Waals surface area contributed by atoms with E-state index < -0.39 is 30.2 Å². The third kappa shape index (κ3) is 3.95. The number of nitrogens with one attached hydrogen (secondary N) is 2. The van der Waals surface area contributed by atoms with Gasteiger partial charge < -0.3 is 29.2 Å². The van der Waals surface area contributed by atoms with E-state index in [1.54, 1.807) is 32.0 Å². The first-order valence-corrected chi connectivity index (χ1v) is 10.1. The van der Waals surface area contributed by atoms with E-state index in [1.807, 2.05) is 0 Å². The van der Waals surface area contributed by atoms with Gasteiger partial charge in [0, 0.05) is 30.3 Å². The first-order chi connectivity index (χ1) is 14.8. The summed E-state index contributed by atoms with van der Waals surface area (Å²) in [4.78, 5) is 39.3. The van der Waals surface area contributed by atoms with E-state index >= 15 is 0 Å². The molecule has 0 atom stereocenters. The number of esters is 2. The maximum absolute atomic E-state index is 12.4. The highest BCUT2D eigenvalue weighted by molar-refractivity contribution is 5.99. The Morgan fingerprint density at radius 3 is 2.52 bits per heavy atom. The molecule has 164 valence electrons. The van der Waals surface area contributed by atoms with E-state index in [9.17, 15) is 14.4 Å². The number of hydrogen-bond acceptors (Lipinski definition) is 7. The number of anilines is 1. The SMILES string of the molecule is COC(=O)c1c(C)[nH]c(C(=O)OCC(=O)Nc2ccc3c(c2)OC2(CCCC2)O3)c1C. The maximum atomic E-state index is 12.4. The first kappa shape index (κ1) is 20.8. The summed E-state index contributed by atoms with van der Waals surface area (Å²) in [6.07, 6.45) is 3.80. The van der Waals surface area contributed by atoms with Crippen molar-refractivity contribution in [1.29, 1.82) is 0 Å². The summed E-state index contributed by atoms with van der Waals surface area (Å²) >= 11 is 0. The minimum atomic E-state index is -0.736. The monoisotopic (exact) mass is 428 g/mol. The minimum Gasteiger partial charge on any atom is -0.465 e. The molecule has 9 heteroatoms. The van der Waals surface area contributed by atoms with Crippen molar-refractivity contribution in [2.75, 3.05) is 19.0 Å². The molecular formula is C22H24N2O7. The molecule has 0 radical (unpaired) electrons. The molecule has 2 aromatic rings. The molecule has 1 spiro atoms. The van der Waals surface area contributed by atoms with Crippen molar-refractivity contribution in [3.05, 3.63) is 40.7 Å². The number of hydrogen-bond donors (Lipinski definition) is 2. The number of amides is 1. The third-order valence-electron chi connectivity index (χ3n) is 5.55. The Morgan fingerprint density at radius 2 is 1.81 bits per heavy atom. The van der Waals surface area contributed by atoms with E-state index in [4.69, 9.17) is 18.9 Å². The van der Waals surface area contributed by atoms with Crippen LogP contribution in [0, 0.1) is 13.8 Å². The second-order valence-corrected chi connectivity index (χ2v) is 7.72. The highest BCUT2D eigenvalue weighted by Crippen LogP contribution is 2.47. The van der Waals surface area contributed by atoms with Crippen LogP contribution in [0.3, 0.4) is 0 Å². The third-order valence-corrected chi connectivity index (χ3v) is 5.55. The number of rotatable bonds is 5. The van der Waals surface area contributed by atoms with Crippen molar-refractivity contribution in [3.63, 3.8) is 0 Å².